The molecule has 3 aromatic carbocycles. The minimum atomic E-state index is -0.499. The van der Waals surface area contributed by atoms with Crippen LogP contribution in [0, 0.1) is 11.6 Å². The molecular weight excluding hydrogens is 436 g/mol. The fraction of sp³-hybridized carbons (Fsp3) is 0.296. The molecule has 0 atom stereocenters. The van der Waals surface area contributed by atoms with Gasteiger partial charge in [-0.05, 0) is 86.1 Å². The second-order valence-electron chi connectivity index (χ2n) is 9.10. The number of likely N-dealkylation sites (tertiary alicyclic amines) is 1. The number of aromatic amines is 1. The van der Waals surface area contributed by atoms with E-state index < -0.39 is 5.76 Å². The van der Waals surface area contributed by atoms with Crippen LogP contribution in [0.1, 0.15) is 24.0 Å². The minimum absolute atomic E-state index is 0.255. The van der Waals surface area contributed by atoms with E-state index >= 15 is 0 Å². The van der Waals surface area contributed by atoms with Crippen LogP contribution in [0.15, 0.2) is 69.9 Å². The number of nitrogens with zero attached hydrogens (tertiary/aromatic N) is 2. The van der Waals surface area contributed by atoms with Crippen molar-refractivity contribution in [2.45, 2.75) is 32.0 Å². The number of aromatic nitrogens is 1. The van der Waals surface area contributed by atoms with E-state index in [0.717, 1.165) is 42.6 Å². The van der Waals surface area contributed by atoms with Crippen LogP contribution in [0.3, 0.4) is 0 Å². The van der Waals surface area contributed by atoms with E-state index in [-0.39, 0.29) is 11.6 Å². The molecule has 5 rings (SSSR count). The molecule has 0 bridgehead atoms. The maximum absolute atomic E-state index is 15.0. The normalized spacial score (nSPS) is 15.4. The van der Waals surface area contributed by atoms with Crippen LogP contribution >= 0.6 is 0 Å². The molecule has 0 saturated carbocycles. The van der Waals surface area contributed by atoms with Crippen LogP contribution < -0.4 is 5.76 Å². The number of rotatable bonds is 6. The van der Waals surface area contributed by atoms with E-state index in [1.807, 2.05) is 12.1 Å². The van der Waals surface area contributed by atoms with Crippen molar-refractivity contribution in [2.24, 2.45) is 0 Å². The molecule has 1 aliphatic rings. The molecule has 2 heterocycles. The van der Waals surface area contributed by atoms with E-state index in [4.69, 9.17) is 4.42 Å². The second-order valence-corrected chi connectivity index (χ2v) is 9.10. The van der Waals surface area contributed by atoms with Crippen molar-refractivity contribution in [1.29, 1.82) is 0 Å². The Morgan fingerprint density at radius 2 is 1.68 bits per heavy atom. The van der Waals surface area contributed by atoms with Gasteiger partial charge in [0.05, 0.1) is 5.52 Å². The van der Waals surface area contributed by atoms with Crippen LogP contribution in [0.2, 0.25) is 0 Å². The van der Waals surface area contributed by atoms with Crippen LogP contribution in [0.4, 0.5) is 8.78 Å². The van der Waals surface area contributed by atoms with Crippen LogP contribution in [-0.2, 0) is 13.1 Å². The fourth-order valence-corrected chi connectivity index (χ4v) is 4.72. The lowest BCUT2D eigenvalue weighted by atomic mass is 9.99. The first kappa shape index (κ1) is 22.5. The molecule has 1 aromatic heterocycles. The molecular formula is C27H27F2N3O2. The zero-order valence-electron chi connectivity index (χ0n) is 19.1. The third-order valence-electron chi connectivity index (χ3n) is 6.68. The maximum atomic E-state index is 15.0. The molecule has 5 nitrogen and oxygen atoms in total. The molecule has 1 N–H and O–H groups in total. The zero-order valence-corrected chi connectivity index (χ0v) is 19.1. The van der Waals surface area contributed by atoms with Crippen molar-refractivity contribution in [3.8, 4) is 11.1 Å². The fourth-order valence-electron chi connectivity index (χ4n) is 4.72. The van der Waals surface area contributed by atoms with E-state index in [1.165, 1.54) is 18.2 Å². The van der Waals surface area contributed by atoms with E-state index in [0.29, 0.717) is 35.8 Å². The van der Waals surface area contributed by atoms with Crippen LogP contribution in [0.5, 0.6) is 0 Å². The third-order valence-corrected chi connectivity index (χ3v) is 6.68. The SMILES string of the molecule is CN1CCC(N(Cc2ccc(F)cc2)Cc2cc(-c3ccc4[nH]c(=O)oc4c3)ccc2F)CC1. The summed E-state index contributed by atoms with van der Waals surface area (Å²) in [5.74, 6) is -1.01. The summed E-state index contributed by atoms with van der Waals surface area (Å²) in [4.78, 5) is 18.7. The highest BCUT2D eigenvalue weighted by atomic mass is 19.1. The van der Waals surface area contributed by atoms with E-state index in [2.05, 4.69) is 21.8 Å². The Morgan fingerprint density at radius 1 is 0.971 bits per heavy atom. The first-order valence-electron chi connectivity index (χ1n) is 11.5. The summed E-state index contributed by atoms with van der Waals surface area (Å²) in [5, 5.41) is 0. The summed E-state index contributed by atoms with van der Waals surface area (Å²) in [7, 11) is 2.12. The van der Waals surface area contributed by atoms with Gasteiger partial charge in [0.15, 0.2) is 5.58 Å². The Bertz CT molecular complexity index is 1340. The average Bonchev–Trinajstić information content (AvgIpc) is 3.21. The molecule has 1 fully saturated rings. The number of fused-ring (bicyclic) bond motifs is 1. The zero-order chi connectivity index (χ0) is 23.7. The van der Waals surface area contributed by atoms with Crippen molar-refractivity contribution < 1.29 is 13.2 Å². The van der Waals surface area contributed by atoms with Crippen molar-refractivity contribution in [1.82, 2.24) is 14.8 Å². The van der Waals surface area contributed by atoms with Crippen molar-refractivity contribution >= 4 is 11.1 Å². The molecule has 34 heavy (non-hydrogen) atoms. The lowest BCUT2D eigenvalue weighted by molar-refractivity contribution is 0.107. The number of piperidine rings is 1. The average molecular weight is 464 g/mol. The summed E-state index contributed by atoms with van der Waals surface area (Å²) < 4.78 is 33.6. The molecule has 1 aliphatic heterocycles. The van der Waals surface area contributed by atoms with Gasteiger partial charge < -0.3 is 9.32 Å². The highest BCUT2D eigenvalue weighted by molar-refractivity contribution is 5.80. The molecule has 4 aromatic rings. The van der Waals surface area contributed by atoms with E-state index in [1.54, 1.807) is 30.3 Å². The number of benzene rings is 3. The van der Waals surface area contributed by atoms with Gasteiger partial charge in [-0.15, -0.1) is 0 Å². The Kier molecular flexibility index (Phi) is 6.30. The smallest absolute Gasteiger partial charge is 0.408 e. The van der Waals surface area contributed by atoms with Gasteiger partial charge in [0, 0.05) is 24.7 Å². The van der Waals surface area contributed by atoms with Gasteiger partial charge in [-0.2, -0.15) is 0 Å². The first-order valence-corrected chi connectivity index (χ1v) is 11.5. The van der Waals surface area contributed by atoms with Crippen molar-refractivity contribution in [3.63, 3.8) is 0 Å². The van der Waals surface area contributed by atoms with Gasteiger partial charge in [0.25, 0.3) is 0 Å². The predicted molar refractivity (Wildman–Crippen MR) is 128 cm³/mol. The van der Waals surface area contributed by atoms with Gasteiger partial charge in [0.1, 0.15) is 11.6 Å². The van der Waals surface area contributed by atoms with Crippen molar-refractivity contribution in [2.75, 3.05) is 20.1 Å². The first-order chi connectivity index (χ1) is 16.4. The van der Waals surface area contributed by atoms with Gasteiger partial charge in [-0.25, -0.2) is 13.6 Å². The summed E-state index contributed by atoms with van der Waals surface area (Å²) in [6.07, 6.45) is 2.00. The minimum Gasteiger partial charge on any atom is -0.408 e. The molecule has 176 valence electrons. The summed E-state index contributed by atoms with van der Waals surface area (Å²) in [6.45, 7) is 3.07. The Morgan fingerprint density at radius 3 is 2.44 bits per heavy atom. The van der Waals surface area contributed by atoms with Gasteiger partial charge in [-0.1, -0.05) is 24.3 Å². The Labute approximate surface area is 196 Å². The van der Waals surface area contributed by atoms with Gasteiger partial charge in [0.2, 0.25) is 0 Å². The van der Waals surface area contributed by atoms with Crippen molar-refractivity contribution in [3.05, 3.63) is 94.0 Å². The number of H-pyrrole nitrogens is 1. The molecule has 0 spiro atoms. The Hall–Kier alpha value is -3.29. The molecule has 0 amide bonds. The van der Waals surface area contributed by atoms with Gasteiger partial charge >= 0.3 is 5.76 Å². The quantitative estimate of drug-likeness (QED) is 0.429. The number of halogens is 2. The lowest BCUT2D eigenvalue weighted by Gasteiger charge is -2.37. The van der Waals surface area contributed by atoms with Crippen LogP contribution in [0.25, 0.3) is 22.2 Å². The molecule has 0 unspecified atom stereocenters. The molecule has 0 radical (unpaired) electrons. The molecule has 7 heteroatoms. The molecule has 1 saturated heterocycles. The standard InChI is InChI=1S/C27H27F2N3O2/c1-31-12-10-23(11-13-31)32(16-18-2-6-22(28)7-3-18)17-21-14-19(4-8-24(21)29)20-5-9-25-26(15-20)34-27(33)30-25/h2-9,14-15,23H,10-13,16-17H2,1H3,(H,30,33). The van der Waals surface area contributed by atoms with E-state index in [9.17, 15) is 13.6 Å². The lowest BCUT2D eigenvalue weighted by Crippen LogP contribution is -2.43. The predicted octanol–water partition coefficient (Wildman–Crippen LogP) is 5.16. The monoisotopic (exact) mass is 463 g/mol. The highest BCUT2D eigenvalue weighted by Crippen LogP contribution is 2.28. The summed E-state index contributed by atoms with van der Waals surface area (Å²) in [5.41, 5.74) is 4.41. The summed E-state index contributed by atoms with van der Waals surface area (Å²) >= 11 is 0. The largest absolute Gasteiger partial charge is 0.417 e. The number of nitrogens with one attached hydrogen (secondary N) is 1. The number of oxazole rings is 1. The topological polar surface area (TPSA) is 52.5 Å². The van der Waals surface area contributed by atoms with Gasteiger partial charge in [-0.3, -0.25) is 9.88 Å². The molecule has 0 aliphatic carbocycles. The Balaban J connectivity index is 1.44. The number of hydrogen-bond donors (Lipinski definition) is 1. The van der Waals surface area contributed by atoms with Crippen LogP contribution in [-0.4, -0.2) is 41.0 Å². The number of hydrogen-bond acceptors (Lipinski definition) is 4. The second kappa shape index (κ2) is 9.52. The highest BCUT2D eigenvalue weighted by Gasteiger charge is 2.24. The maximum Gasteiger partial charge on any atom is 0.417 e. The third kappa shape index (κ3) is 4.95. The summed E-state index contributed by atoms with van der Waals surface area (Å²) in [6, 6.07) is 17.4.